The molecule has 0 spiro atoms. The van der Waals surface area contributed by atoms with E-state index in [-0.39, 0.29) is 30.1 Å². The number of benzene rings is 1. The standard InChI is InChI=1S/C21H22N6O4S/c1-14(28)26-7-9-27(10-8-26)17-4-2-16(3-5-17)22-19(30)20-24-25-21(31-20)23-18(29)12-15-6-11-32-13-15/h2-6,11,13H,7-10,12H2,1H3,(H,22,30)(H,23,25,29). The number of nitrogens with one attached hydrogen (secondary N) is 2. The Morgan fingerprint density at radius 1 is 1.03 bits per heavy atom. The minimum atomic E-state index is -0.571. The number of rotatable bonds is 6. The number of nitrogens with zero attached hydrogens (tertiary/aromatic N) is 4. The fraction of sp³-hybridized carbons (Fsp3) is 0.286. The van der Waals surface area contributed by atoms with Gasteiger partial charge in [-0.05, 0) is 46.7 Å². The average Bonchev–Trinajstić information content (AvgIpc) is 3.46. The summed E-state index contributed by atoms with van der Waals surface area (Å²) >= 11 is 1.51. The van der Waals surface area contributed by atoms with Gasteiger partial charge in [-0.25, -0.2) is 0 Å². The highest BCUT2D eigenvalue weighted by molar-refractivity contribution is 7.08. The molecule has 4 rings (SSSR count). The Morgan fingerprint density at radius 3 is 2.44 bits per heavy atom. The summed E-state index contributed by atoms with van der Waals surface area (Å²) in [7, 11) is 0. The molecular weight excluding hydrogens is 432 g/mol. The lowest BCUT2D eigenvalue weighted by molar-refractivity contribution is -0.129. The normalized spacial score (nSPS) is 13.7. The number of carbonyl (C=O) groups excluding carboxylic acids is 3. The minimum Gasteiger partial charge on any atom is -0.399 e. The predicted octanol–water partition coefficient (Wildman–Crippen LogP) is 2.23. The molecule has 1 aliphatic rings. The number of amides is 3. The van der Waals surface area contributed by atoms with Crippen molar-refractivity contribution in [2.24, 2.45) is 0 Å². The molecule has 3 amide bonds. The van der Waals surface area contributed by atoms with E-state index in [0.29, 0.717) is 18.8 Å². The Hall–Kier alpha value is -3.73. The fourth-order valence-corrected chi connectivity index (χ4v) is 4.00. The van der Waals surface area contributed by atoms with Crippen LogP contribution in [0.5, 0.6) is 0 Å². The van der Waals surface area contributed by atoms with Crippen LogP contribution in [-0.4, -0.2) is 59.0 Å². The molecule has 2 aromatic heterocycles. The van der Waals surface area contributed by atoms with Gasteiger partial charge in [0.05, 0.1) is 6.42 Å². The van der Waals surface area contributed by atoms with Crippen molar-refractivity contribution in [3.63, 3.8) is 0 Å². The largest absolute Gasteiger partial charge is 0.399 e. The van der Waals surface area contributed by atoms with Gasteiger partial charge in [-0.3, -0.25) is 19.7 Å². The van der Waals surface area contributed by atoms with Gasteiger partial charge in [0.15, 0.2) is 0 Å². The Kier molecular flexibility index (Phi) is 6.45. The number of hydrogen-bond donors (Lipinski definition) is 2. The van der Waals surface area contributed by atoms with Gasteiger partial charge in [-0.15, -0.1) is 5.10 Å². The summed E-state index contributed by atoms with van der Waals surface area (Å²) < 4.78 is 5.25. The lowest BCUT2D eigenvalue weighted by atomic mass is 10.2. The van der Waals surface area contributed by atoms with E-state index in [1.165, 1.54) is 11.3 Å². The first-order valence-electron chi connectivity index (χ1n) is 10.0. The van der Waals surface area contributed by atoms with Crippen molar-refractivity contribution >= 4 is 46.4 Å². The van der Waals surface area contributed by atoms with Crippen molar-refractivity contribution in [2.45, 2.75) is 13.3 Å². The number of thiophene rings is 1. The lowest BCUT2D eigenvalue weighted by Gasteiger charge is -2.35. The second kappa shape index (κ2) is 9.60. The molecule has 1 aliphatic heterocycles. The average molecular weight is 455 g/mol. The Balaban J connectivity index is 1.29. The first-order chi connectivity index (χ1) is 15.5. The van der Waals surface area contributed by atoms with Crippen LogP contribution in [0, 0.1) is 0 Å². The van der Waals surface area contributed by atoms with Gasteiger partial charge in [-0.1, -0.05) is 5.10 Å². The first kappa shape index (κ1) is 21.5. The van der Waals surface area contributed by atoms with Gasteiger partial charge in [0, 0.05) is 44.5 Å². The summed E-state index contributed by atoms with van der Waals surface area (Å²) in [5, 5.41) is 16.3. The quantitative estimate of drug-likeness (QED) is 0.586. The number of hydrogen-bond acceptors (Lipinski definition) is 8. The molecule has 0 radical (unpaired) electrons. The topological polar surface area (TPSA) is 121 Å². The molecule has 10 nitrogen and oxygen atoms in total. The molecule has 1 fully saturated rings. The molecule has 3 heterocycles. The molecular formula is C21H22N6O4S. The Morgan fingerprint density at radius 2 is 1.78 bits per heavy atom. The highest BCUT2D eigenvalue weighted by Crippen LogP contribution is 2.20. The van der Waals surface area contributed by atoms with Crippen LogP contribution < -0.4 is 15.5 Å². The van der Waals surface area contributed by atoms with Crippen molar-refractivity contribution < 1.29 is 18.8 Å². The van der Waals surface area contributed by atoms with Crippen LogP contribution in [0.2, 0.25) is 0 Å². The maximum atomic E-state index is 12.4. The monoisotopic (exact) mass is 454 g/mol. The van der Waals surface area contributed by atoms with Crippen LogP contribution >= 0.6 is 11.3 Å². The van der Waals surface area contributed by atoms with Crippen LogP contribution in [0.4, 0.5) is 17.4 Å². The minimum absolute atomic E-state index is 0.0916. The summed E-state index contributed by atoms with van der Waals surface area (Å²) in [4.78, 5) is 39.9. The van der Waals surface area contributed by atoms with Gasteiger partial charge in [-0.2, -0.15) is 11.3 Å². The smallest absolute Gasteiger partial charge is 0.322 e. The van der Waals surface area contributed by atoms with E-state index in [2.05, 4.69) is 25.7 Å². The van der Waals surface area contributed by atoms with E-state index in [1.54, 1.807) is 19.1 Å². The first-order valence-corrected chi connectivity index (χ1v) is 11.0. The second-order valence-electron chi connectivity index (χ2n) is 7.26. The van der Waals surface area contributed by atoms with Crippen molar-refractivity contribution in [1.82, 2.24) is 15.1 Å². The van der Waals surface area contributed by atoms with E-state index in [9.17, 15) is 14.4 Å². The van der Waals surface area contributed by atoms with Gasteiger partial charge in [0.25, 0.3) is 0 Å². The van der Waals surface area contributed by atoms with E-state index in [0.717, 1.165) is 24.3 Å². The number of anilines is 3. The molecule has 2 N–H and O–H groups in total. The Labute approximate surface area is 188 Å². The molecule has 0 unspecified atom stereocenters. The maximum Gasteiger partial charge on any atom is 0.322 e. The van der Waals surface area contributed by atoms with E-state index < -0.39 is 5.91 Å². The molecule has 0 saturated carbocycles. The summed E-state index contributed by atoms with van der Waals surface area (Å²) in [5.41, 5.74) is 2.47. The van der Waals surface area contributed by atoms with Crippen LogP contribution in [0.25, 0.3) is 0 Å². The summed E-state index contributed by atoms with van der Waals surface area (Å²) in [5.74, 6) is -1.04. The number of aromatic nitrogens is 2. The zero-order valence-electron chi connectivity index (χ0n) is 17.4. The third-order valence-electron chi connectivity index (χ3n) is 5.03. The van der Waals surface area contributed by atoms with Crippen LogP contribution in [0.1, 0.15) is 23.2 Å². The SMILES string of the molecule is CC(=O)N1CCN(c2ccc(NC(=O)c3nnc(NC(=O)Cc4ccsc4)o3)cc2)CC1. The summed E-state index contributed by atoms with van der Waals surface area (Å²) in [6.45, 7) is 4.48. The molecule has 1 saturated heterocycles. The summed E-state index contributed by atoms with van der Waals surface area (Å²) in [6, 6.07) is 9.10. The van der Waals surface area contributed by atoms with Crippen LogP contribution in [0.15, 0.2) is 45.5 Å². The van der Waals surface area contributed by atoms with E-state index >= 15 is 0 Å². The highest BCUT2D eigenvalue weighted by Gasteiger charge is 2.20. The maximum absolute atomic E-state index is 12.4. The molecule has 1 aromatic carbocycles. The molecule has 11 heteroatoms. The second-order valence-corrected chi connectivity index (χ2v) is 8.04. The Bertz CT molecular complexity index is 1090. The van der Waals surface area contributed by atoms with Crippen molar-refractivity contribution in [1.29, 1.82) is 0 Å². The zero-order chi connectivity index (χ0) is 22.5. The van der Waals surface area contributed by atoms with Crippen LogP contribution in [-0.2, 0) is 16.0 Å². The zero-order valence-corrected chi connectivity index (χ0v) is 18.2. The third kappa shape index (κ3) is 5.30. The van der Waals surface area contributed by atoms with Gasteiger partial charge < -0.3 is 19.5 Å². The van der Waals surface area contributed by atoms with Crippen LogP contribution in [0.3, 0.4) is 0 Å². The van der Waals surface area contributed by atoms with Crippen molar-refractivity contribution in [3.05, 3.63) is 52.5 Å². The molecule has 3 aromatic rings. The number of carbonyl (C=O) groups is 3. The molecule has 166 valence electrons. The van der Waals surface area contributed by atoms with Gasteiger partial charge in [0.2, 0.25) is 11.8 Å². The summed E-state index contributed by atoms with van der Waals surface area (Å²) in [6.07, 6.45) is 0.184. The predicted molar refractivity (Wildman–Crippen MR) is 120 cm³/mol. The third-order valence-corrected chi connectivity index (χ3v) is 5.76. The highest BCUT2D eigenvalue weighted by atomic mass is 32.1. The number of piperazine rings is 1. The van der Waals surface area contributed by atoms with Crippen molar-refractivity contribution in [2.75, 3.05) is 41.7 Å². The van der Waals surface area contributed by atoms with E-state index in [4.69, 9.17) is 4.42 Å². The molecule has 0 bridgehead atoms. The van der Waals surface area contributed by atoms with Gasteiger partial charge >= 0.3 is 17.8 Å². The van der Waals surface area contributed by atoms with Gasteiger partial charge in [0.1, 0.15) is 0 Å². The van der Waals surface area contributed by atoms with Crippen molar-refractivity contribution in [3.8, 4) is 0 Å². The molecule has 0 atom stereocenters. The molecule has 0 aliphatic carbocycles. The lowest BCUT2D eigenvalue weighted by Crippen LogP contribution is -2.48. The van der Waals surface area contributed by atoms with E-state index in [1.807, 2.05) is 33.9 Å². The molecule has 32 heavy (non-hydrogen) atoms. The fourth-order valence-electron chi connectivity index (χ4n) is 3.33.